The number of nitrogens with zero attached hydrogens (tertiary/aromatic N) is 2. The van der Waals surface area contributed by atoms with E-state index in [2.05, 4.69) is 50.2 Å². The topological polar surface area (TPSA) is 43.8 Å². The van der Waals surface area contributed by atoms with Gasteiger partial charge in [0.15, 0.2) is 0 Å². The summed E-state index contributed by atoms with van der Waals surface area (Å²) in [7, 11) is 0. The predicted octanol–water partition coefficient (Wildman–Crippen LogP) is 3.53. The molecule has 1 aliphatic carbocycles. The van der Waals surface area contributed by atoms with E-state index in [1.807, 2.05) is 12.1 Å². The molecule has 1 aliphatic rings. The van der Waals surface area contributed by atoms with Crippen LogP contribution in [0.3, 0.4) is 0 Å². The molecule has 1 aromatic carbocycles. The molecule has 0 unspecified atom stereocenters. The van der Waals surface area contributed by atoms with Gasteiger partial charge in [-0.1, -0.05) is 27.7 Å². The maximum absolute atomic E-state index is 5.83. The van der Waals surface area contributed by atoms with Crippen molar-refractivity contribution in [3.63, 3.8) is 0 Å². The van der Waals surface area contributed by atoms with E-state index in [0.29, 0.717) is 16.9 Å². The molecule has 0 bridgehead atoms. The first kappa shape index (κ1) is 11.6. The van der Waals surface area contributed by atoms with Crippen molar-refractivity contribution in [2.45, 2.75) is 40.7 Å². The van der Waals surface area contributed by atoms with Crippen LogP contribution in [0.25, 0.3) is 11.0 Å². The first-order chi connectivity index (χ1) is 8.26. The molecule has 1 heterocycles. The van der Waals surface area contributed by atoms with E-state index in [0.717, 1.165) is 17.0 Å². The molecule has 0 saturated heterocycles. The lowest BCUT2D eigenvalue weighted by Gasteiger charge is -2.09. The number of aryl methyl sites for hydroxylation is 1. The standard InChI is InChI=1S/C15H21N3/c1-9-17-11-8-10(16)6-7-12(11)18(9)13-14(2,3)15(13,4)5/h6-8,13H,16H2,1-5H3. The number of rotatable bonds is 1. The highest BCUT2D eigenvalue weighted by atomic mass is 15.2. The quantitative estimate of drug-likeness (QED) is 0.779. The Morgan fingerprint density at radius 2 is 1.78 bits per heavy atom. The van der Waals surface area contributed by atoms with E-state index in [1.54, 1.807) is 0 Å². The van der Waals surface area contributed by atoms with Gasteiger partial charge in [0.1, 0.15) is 5.82 Å². The highest BCUT2D eigenvalue weighted by Gasteiger charge is 2.66. The highest BCUT2D eigenvalue weighted by molar-refractivity contribution is 5.80. The van der Waals surface area contributed by atoms with Crippen LogP contribution in [0.4, 0.5) is 5.69 Å². The van der Waals surface area contributed by atoms with Crippen molar-refractivity contribution in [1.82, 2.24) is 9.55 Å². The van der Waals surface area contributed by atoms with E-state index < -0.39 is 0 Å². The molecular formula is C15H21N3. The minimum Gasteiger partial charge on any atom is -0.399 e. The van der Waals surface area contributed by atoms with Crippen LogP contribution in [-0.4, -0.2) is 9.55 Å². The van der Waals surface area contributed by atoms with Crippen LogP contribution in [0.5, 0.6) is 0 Å². The molecule has 0 spiro atoms. The minimum absolute atomic E-state index is 0.312. The Balaban J connectivity index is 2.23. The molecule has 0 amide bonds. The summed E-state index contributed by atoms with van der Waals surface area (Å²) in [5, 5.41) is 0. The molecule has 3 nitrogen and oxygen atoms in total. The molecule has 1 aromatic heterocycles. The molecule has 2 N–H and O–H groups in total. The van der Waals surface area contributed by atoms with Crippen LogP contribution < -0.4 is 5.73 Å². The van der Waals surface area contributed by atoms with Crippen molar-refractivity contribution < 1.29 is 0 Å². The average Bonchev–Trinajstić information content (AvgIpc) is 2.52. The molecule has 1 saturated carbocycles. The predicted molar refractivity (Wildman–Crippen MR) is 75.5 cm³/mol. The third kappa shape index (κ3) is 1.22. The largest absolute Gasteiger partial charge is 0.399 e. The van der Waals surface area contributed by atoms with Gasteiger partial charge in [-0.05, 0) is 36.0 Å². The van der Waals surface area contributed by atoms with E-state index in [-0.39, 0.29) is 0 Å². The number of nitrogens with two attached hydrogens (primary N) is 1. The van der Waals surface area contributed by atoms with Gasteiger partial charge in [-0.15, -0.1) is 0 Å². The van der Waals surface area contributed by atoms with E-state index in [1.165, 1.54) is 5.52 Å². The molecule has 0 atom stereocenters. The summed E-state index contributed by atoms with van der Waals surface area (Å²) in [6.45, 7) is 11.4. The summed E-state index contributed by atoms with van der Waals surface area (Å²) >= 11 is 0. The number of hydrogen-bond acceptors (Lipinski definition) is 2. The third-order valence-electron chi connectivity index (χ3n) is 5.09. The summed E-state index contributed by atoms with van der Waals surface area (Å²) in [5.74, 6) is 1.08. The van der Waals surface area contributed by atoms with Gasteiger partial charge in [-0.3, -0.25) is 0 Å². The highest BCUT2D eigenvalue weighted by Crippen LogP contribution is 2.71. The van der Waals surface area contributed by atoms with Gasteiger partial charge < -0.3 is 10.3 Å². The first-order valence-corrected chi connectivity index (χ1v) is 6.51. The molecule has 1 fully saturated rings. The van der Waals surface area contributed by atoms with Gasteiger partial charge >= 0.3 is 0 Å². The van der Waals surface area contributed by atoms with Crippen molar-refractivity contribution in [2.75, 3.05) is 5.73 Å². The number of anilines is 1. The van der Waals surface area contributed by atoms with E-state index >= 15 is 0 Å². The number of benzene rings is 1. The Morgan fingerprint density at radius 3 is 2.33 bits per heavy atom. The van der Waals surface area contributed by atoms with Crippen LogP contribution in [0.1, 0.15) is 39.6 Å². The van der Waals surface area contributed by atoms with Gasteiger partial charge in [-0.2, -0.15) is 0 Å². The maximum Gasteiger partial charge on any atom is 0.107 e. The molecule has 18 heavy (non-hydrogen) atoms. The number of hydrogen-bond donors (Lipinski definition) is 1. The van der Waals surface area contributed by atoms with Crippen molar-refractivity contribution in [1.29, 1.82) is 0 Å². The first-order valence-electron chi connectivity index (χ1n) is 6.51. The maximum atomic E-state index is 5.83. The number of nitrogen functional groups attached to an aromatic ring is 1. The van der Waals surface area contributed by atoms with Gasteiger partial charge in [0.2, 0.25) is 0 Å². The second-order valence-electron chi connectivity index (χ2n) is 6.62. The number of aromatic nitrogens is 2. The van der Waals surface area contributed by atoms with Crippen LogP contribution in [0.2, 0.25) is 0 Å². The van der Waals surface area contributed by atoms with Crippen LogP contribution in [-0.2, 0) is 0 Å². The van der Waals surface area contributed by atoms with Crippen molar-refractivity contribution in [2.24, 2.45) is 10.8 Å². The Kier molecular flexibility index (Phi) is 1.98. The van der Waals surface area contributed by atoms with Gasteiger partial charge in [0.25, 0.3) is 0 Å². The van der Waals surface area contributed by atoms with Crippen molar-refractivity contribution in [3.05, 3.63) is 24.0 Å². The lowest BCUT2D eigenvalue weighted by molar-refractivity contribution is 0.457. The van der Waals surface area contributed by atoms with Gasteiger partial charge in [-0.25, -0.2) is 4.98 Å². The number of imidazole rings is 1. The summed E-state index contributed by atoms with van der Waals surface area (Å²) in [6, 6.07) is 6.53. The lowest BCUT2D eigenvalue weighted by atomic mass is 10.0. The van der Waals surface area contributed by atoms with E-state index in [4.69, 9.17) is 5.73 Å². The normalized spacial score (nSPS) is 21.4. The molecule has 0 aliphatic heterocycles. The Morgan fingerprint density at radius 1 is 1.17 bits per heavy atom. The summed E-state index contributed by atoms with van der Waals surface area (Å²) in [5.41, 5.74) is 9.44. The van der Waals surface area contributed by atoms with E-state index in [9.17, 15) is 0 Å². The fourth-order valence-electron chi connectivity index (χ4n) is 3.37. The SMILES string of the molecule is Cc1nc2cc(N)ccc2n1C1C(C)(C)C1(C)C. The second kappa shape index (κ2) is 3.08. The zero-order valence-electron chi connectivity index (χ0n) is 11.8. The Labute approximate surface area is 108 Å². The van der Waals surface area contributed by atoms with Crippen LogP contribution in [0.15, 0.2) is 18.2 Å². The molecule has 2 aromatic rings. The summed E-state index contributed by atoms with van der Waals surface area (Å²) < 4.78 is 2.38. The van der Waals surface area contributed by atoms with Crippen LogP contribution >= 0.6 is 0 Å². The zero-order valence-corrected chi connectivity index (χ0v) is 11.8. The molecule has 3 rings (SSSR count). The fourth-order valence-corrected chi connectivity index (χ4v) is 3.37. The third-order valence-corrected chi connectivity index (χ3v) is 5.09. The fraction of sp³-hybridized carbons (Fsp3) is 0.533. The Hall–Kier alpha value is -1.51. The lowest BCUT2D eigenvalue weighted by Crippen LogP contribution is -2.03. The van der Waals surface area contributed by atoms with Gasteiger partial charge in [0.05, 0.1) is 11.0 Å². The molecular weight excluding hydrogens is 222 g/mol. The minimum atomic E-state index is 0.312. The molecule has 96 valence electrons. The Bertz CT molecular complexity index is 620. The summed E-state index contributed by atoms with van der Waals surface area (Å²) in [6.07, 6.45) is 0. The zero-order chi connectivity index (χ0) is 13.3. The second-order valence-corrected chi connectivity index (χ2v) is 6.62. The average molecular weight is 243 g/mol. The summed E-state index contributed by atoms with van der Waals surface area (Å²) in [4.78, 5) is 4.65. The van der Waals surface area contributed by atoms with Crippen LogP contribution in [0, 0.1) is 17.8 Å². The molecule has 0 radical (unpaired) electrons. The monoisotopic (exact) mass is 243 g/mol. The van der Waals surface area contributed by atoms with Crippen molar-refractivity contribution >= 4 is 16.7 Å². The van der Waals surface area contributed by atoms with Crippen molar-refractivity contribution in [3.8, 4) is 0 Å². The molecule has 3 heteroatoms. The number of fused-ring (bicyclic) bond motifs is 1. The smallest absolute Gasteiger partial charge is 0.107 e. The van der Waals surface area contributed by atoms with Gasteiger partial charge in [0, 0.05) is 11.7 Å².